The number of hydrogen-bond donors (Lipinski definition) is 1. The van der Waals surface area contributed by atoms with E-state index < -0.39 is 0 Å². The zero-order chi connectivity index (χ0) is 14.2. The summed E-state index contributed by atoms with van der Waals surface area (Å²) >= 11 is 0. The highest BCUT2D eigenvalue weighted by Crippen LogP contribution is 2.35. The first kappa shape index (κ1) is 12.7. The van der Waals surface area contributed by atoms with Crippen LogP contribution in [0.2, 0.25) is 0 Å². The molecule has 0 aliphatic heterocycles. The second-order valence-corrected chi connectivity index (χ2v) is 6.25. The van der Waals surface area contributed by atoms with Gasteiger partial charge in [0, 0.05) is 11.9 Å². The van der Waals surface area contributed by atoms with Crippen LogP contribution in [0.25, 0.3) is 11.6 Å². The summed E-state index contributed by atoms with van der Waals surface area (Å²) in [6.45, 7) is 0. The number of hydrogen-bond acceptors (Lipinski definition) is 2. The first-order valence-electron chi connectivity index (χ1n) is 7.94. The molecule has 1 saturated carbocycles. The lowest BCUT2D eigenvalue weighted by Crippen LogP contribution is -2.04. The van der Waals surface area contributed by atoms with Gasteiger partial charge in [0.15, 0.2) is 0 Å². The largest absolute Gasteiger partial charge is 0.399 e. The first-order chi connectivity index (χ1) is 10.3. The zero-order valence-electron chi connectivity index (χ0n) is 12.3. The Morgan fingerprint density at radius 2 is 2.00 bits per heavy atom. The highest BCUT2D eigenvalue weighted by Gasteiger charge is 2.19. The van der Waals surface area contributed by atoms with Crippen LogP contribution in [-0.4, -0.2) is 9.78 Å². The van der Waals surface area contributed by atoms with Crippen LogP contribution in [-0.2, 0) is 6.42 Å². The summed E-state index contributed by atoms with van der Waals surface area (Å²) in [4.78, 5) is 0. The quantitative estimate of drug-likeness (QED) is 0.842. The molecule has 0 atom stereocenters. The van der Waals surface area contributed by atoms with E-state index in [4.69, 9.17) is 10.8 Å². The molecule has 3 heteroatoms. The average Bonchev–Trinajstić information content (AvgIpc) is 3.19. The molecule has 108 valence electrons. The van der Waals surface area contributed by atoms with E-state index in [-0.39, 0.29) is 0 Å². The summed E-state index contributed by atoms with van der Waals surface area (Å²) in [6.07, 6.45) is 11.8. The van der Waals surface area contributed by atoms with Crippen molar-refractivity contribution in [1.82, 2.24) is 9.78 Å². The Hall–Kier alpha value is -2.03. The lowest BCUT2D eigenvalue weighted by atomic mass is 10.1. The van der Waals surface area contributed by atoms with Gasteiger partial charge >= 0.3 is 0 Å². The Kier molecular flexibility index (Phi) is 3.06. The predicted octanol–water partition coefficient (Wildman–Crippen LogP) is 4.07. The van der Waals surface area contributed by atoms with Crippen molar-refractivity contribution in [2.45, 2.75) is 44.6 Å². The highest BCUT2D eigenvalue weighted by atomic mass is 15.3. The van der Waals surface area contributed by atoms with Gasteiger partial charge < -0.3 is 5.73 Å². The minimum Gasteiger partial charge on any atom is -0.399 e. The maximum atomic E-state index is 5.87. The zero-order valence-corrected chi connectivity index (χ0v) is 12.3. The van der Waals surface area contributed by atoms with Crippen LogP contribution in [0.3, 0.4) is 0 Å². The van der Waals surface area contributed by atoms with E-state index in [9.17, 15) is 0 Å². The normalized spacial score (nSPS) is 20.3. The van der Waals surface area contributed by atoms with Gasteiger partial charge in [-0.2, -0.15) is 5.10 Å². The maximum Gasteiger partial charge on any atom is 0.0853 e. The molecule has 21 heavy (non-hydrogen) atoms. The second-order valence-electron chi connectivity index (χ2n) is 6.25. The Morgan fingerprint density at radius 3 is 2.86 bits per heavy atom. The Balaban J connectivity index is 1.61. The summed E-state index contributed by atoms with van der Waals surface area (Å²) in [7, 11) is 0. The van der Waals surface area contributed by atoms with Crippen LogP contribution in [0.4, 0.5) is 5.69 Å². The van der Waals surface area contributed by atoms with Crippen molar-refractivity contribution in [3.05, 3.63) is 47.3 Å². The summed E-state index contributed by atoms with van der Waals surface area (Å²) < 4.78 is 2.16. The third kappa shape index (κ3) is 2.37. The van der Waals surface area contributed by atoms with Gasteiger partial charge in [0.1, 0.15) is 0 Å². The van der Waals surface area contributed by atoms with Gasteiger partial charge in [0.2, 0.25) is 0 Å². The topological polar surface area (TPSA) is 43.8 Å². The van der Waals surface area contributed by atoms with Crippen LogP contribution in [0.15, 0.2) is 30.5 Å². The third-order valence-electron chi connectivity index (χ3n) is 4.79. The molecule has 3 nitrogen and oxygen atoms in total. The summed E-state index contributed by atoms with van der Waals surface area (Å²) in [6, 6.07) is 9.01. The molecule has 0 bridgehead atoms. The summed E-state index contributed by atoms with van der Waals surface area (Å²) in [5.74, 6) is 0. The third-order valence-corrected chi connectivity index (χ3v) is 4.79. The van der Waals surface area contributed by atoms with E-state index in [1.54, 1.807) is 0 Å². The lowest BCUT2D eigenvalue weighted by molar-refractivity contribution is 0.466. The van der Waals surface area contributed by atoms with E-state index in [0.29, 0.717) is 6.04 Å². The van der Waals surface area contributed by atoms with Gasteiger partial charge in [-0.25, -0.2) is 0 Å². The number of anilines is 1. The Morgan fingerprint density at radius 1 is 1.14 bits per heavy atom. The number of allylic oxidation sites excluding steroid dienone is 1. The van der Waals surface area contributed by atoms with E-state index in [1.165, 1.54) is 42.4 Å². The molecule has 2 N–H and O–H groups in total. The Labute approximate surface area is 125 Å². The van der Waals surface area contributed by atoms with Crippen LogP contribution in [0.1, 0.15) is 55.0 Å². The standard InChI is InChI=1S/C18H21N3/c19-15-7-8-18-13(11-15)5-6-14(18)12-16-9-10-21(20-16)17-3-1-2-4-17/h7-12,17H,1-6,19H2. The maximum absolute atomic E-state index is 5.87. The van der Waals surface area contributed by atoms with Crippen molar-refractivity contribution in [2.75, 3.05) is 5.73 Å². The molecule has 2 aliphatic rings. The van der Waals surface area contributed by atoms with Gasteiger partial charge in [-0.1, -0.05) is 18.9 Å². The number of nitrogen functional groups attached to an aromatic ring is 1. The van der Waals surface area contributed by atoms with Crippen molar-refractivity contribution in [1.29, 1.82) is 0 Å². The fourth-order valence-electron chi connectivity index (χ4n) is 3.67. The van der Waals surface area contributed by atoms with E-state index in [2.05, 4.69) is 35.2 Å². The molecule has 0 unspecified atom stereocenters. The van der Waals surface area contributed by atoms with Gasteiger partial charge in [0.25, 0.3) is 0 Å². The number of aromatic nitrogens is 2. The molecule has 0 spiro atoms. The molecule has 0 saturated heterocycles. The molecule has 2 aliphatic carbocycles. The fourth-order valence-corrected chi connectivity index (χ4v) is 3.67. The molecule has 4 rings (SSSR count). The van der Waals surface area contributed by atoms with E-state index >= 15 is 0 Å². The molecule has 2 aromatic rings. The van der Waals surface area contributed by atoms with Gasteiger partial charge in [-0.15, -0.1) is 0 Å². The van der Waals surface area contributed by atoms with Gasteiger partial charge in [-0.3, -0.25) is 4.68 Å². The molecule has 0 radical (unpaired) electrons. The van der Waals surface area contributed by atoms with E-state index in [0.717, 1.165) is 24.2 Å². The van der Waals surface area contributed by atoms with Gasteiger partial charge in [-0.05, 0) is 66.7 Å². The van der Waals surface area contributed by atoms with Gasteiger partial charge in [0.05, 0.1) is 11.7 Å². The molecule has 0 amide bonds. The highest BCUT2D eigenvalue weighted by molar-refractivity contribution is 5.85. The predicted molar refractivity (Wildman–Crippen MR) is 86.8 cm³/mol. The lowest BCUT2D eigenvalue weighted by Gasteiger charge is -2.08. The SMILES string of the molecule is Nc1ccc2c(c1)CCC2=Cc1ccn(C2CCCC2)n1. The van der Waals surface area contributed by atoms with Crippen molar-refractivity contribution in [3.8, 4) is 0 Å². The van der Waals surface area contributed by atoms with Crippen LogP contribution in [0.5, 0.6) is 0 Å². The first-order valence-corrected chi connectivity index (χ1v) is 7.94. The fraction of sp³-hybridized carbons (Fsp3) is 0.389. The number of nitrogens with two attached hydrogens (primary N) is 1. The minimum absolute atomic E-state index is 0.618. The number of benzene rings is 1. The summed E-state index contributed by atoms with van der Waals surface area (Å²) in [5.41, 5.74) is 11.9. The smallest absolute Gasteiger partial charge is 0.0853 e. The van der Waals surface area contributed by atoms with Crippen LogP contribution < -0.4 is 5.73 Å². The number of fused-ring (bicyclic) bond motifs is 1. The molecule has 1 heterocycles. The van der Waals surface area contributed by atoms with Crippen LogP contribution in [0, 0.1) is 0 Å². The number of rotatable bonds is 2. The molecule has 1 aromatic carbocycles. The number of aryl methyl sites for hydroxylation is 1. The molecular formula is C18H21N3. The molecular weight excluding hydrogens is 258 g/mol. The van der Waals surface area contributed by atoms with Crippen LogP contribution >= 0.6 is 0 Å². The minimum atomic E-state index is 0.618. The average molecular weight is 279 g/mol. The van der Waals surface area contributed by atoms with Crippen molar-refractivity contribution < 1.29 is 0 Å². The Bertz CT molecular complexity index is 690. The van der Waals surface area contributed by atoms with Crippen molar-refractivity contribution >= 4 is 17.3 Å². The molecule has 1 fully saturated rings. The second kappa shape index (κ2) is 5.06. The number of nitrogens with zero attached hydrogens (tertiary/aromatic N) is 2. The van der Waals surface area contributed by atoms with E-state index in [1.807, 2.05) is 6.07 Å². The van der Waals surface area contributed by atoms with Crippen molar-refractivity contribution in [3.63, 3.8) is 0 Å². The monoisotopic (exact) mass is 279 g/mol. The van der Waals surface area contributed by atoms with Crippen molar-refractivity contribution in [2.24, 2.45) is 0 Å². The molecule has 1 aromatic heterocycles. The summed E-state index contributed by atoms with van der Waals surface area (Å²) in [5, 5.41) is 4.76.